The van der Waals surface area contributed by atoms with Crippen LogP contribution in [0, 0.1) is 6.92 Å². The van der Waals surface area contributed by atoms with Crippen LogP contribution in [0.5, 0.6) is 0 Å². The minimum absolute atomic E-state index is 0.396. The van der Waals surface area contributed by atoms with Crippen LogP contribution in [-0.2, 0) is 12.2 Å². The summed E-state index contributed by atoms with van der Waals surface area (Å²) in [6.45, 7) is 4.24. The highest BCUT2D eigenvalue weighted by Crippen LogP contribution is 2.22. The summed E-state index contributed by atoms with van der Waals surface area (Å²) in [6.07, 6.45) is 1.83. The number of hydrogen-bond donors (Lipinski definition) is 1. The number of benzene rings is 1. The smallest absolute Gasteiger partial charge is 0.228 e. The van der Waals surface area contributed by atoms with E-state index in [0.29, 0.717) is 11.9 Å². The number of likely N-dealkylation sites (N-methyl/N-ethyl adjacent to an activating group) is 1. The number of rotatable bonds is 7. The van der Waals surface area contributed by atoms with Crippen LogP contribution < -0.4 is 5.32 Å². The molecule has 1 atom stereocenters. The number of nitrogens with zero attached hydrogens (tertiary/aromatic N) is 2. The van der Waals surface area contributed by atoms with E-state index in [-0.39, 0.29) is 0 Å². The molecule has 0 radical (unpaired) electrons. The zero-order valence-corrected chi connectivity index (χ0v) is 13.0. The van der Waals surface area contributed by atoms with E-state index in [1.54, 1.807) is 11.8 Å². The van der Waals surface area contributed by atoms with Crippen molar-refractivity contribution in [3.8, 4) is 0 Å². The Bertz CT molecular complexity index is 537. The lowest BCUT2D eigenvalue weighted by atomic mass is 10.1. The molecule has 0 aliphatic carbocycles. The van der Waals surface area contributed by atoms with E-state index in [0.717, 1.165) is 24.4 Å². The fourth-order valence-electron chi connectivity index (χ4n) is 1.95. The fraction of sp³-hybridized carbons (Fsp3) is 0.467. The highest BCUT2D eigenvalue weighted by Gasteiger charge is 2.11. The van der Waals surface area contributed by atoms with Crippen molar-refractivity contribution in [2.75, 3.05) is 7.05 Å². The van der Waals surface area contributed by atoms with Gasteiger partial charge in [0.2, 0.25) is 5.89 Å². The summed E-state index contributed by atoms with van der Waals surface area (Å²) in [5.74, 6) is 2.21. The Hall–Kier alpha value is -1.33. The first-order valence-electron chi connectivity index (χ1n) is 6.89. The van der Waals surface area contributed by atoms with Crippen LogP contribution in [0.3, 0.4) is 0 Å². The van der Waals surface area contributed by atoms with Gasteiger partial charge in [-0.2, -0.15) is 4.98 Å². The van der Waals surface area contributed by atoms with Crippen LogP contribution in [0.2, 0.25) is 0 Å². The van der Waals surface area contributed by atoms with E-state index in [9.17, 15) is 0 Å². The molecule has 0 spiro atoms. The van der Waals surface area contributed by atoms with Crippen molar-refractivity contribution in [3.63, 3.8) is 0 Å². The second-order valence-corrected chi connectivity index (χ2v) is 5.86. The monoisotopic (exact) mass is 291 g/mol. The maximum absolute atomic E-state index is 5.30. The second-order valence-electron chi connectivity index (χ2n) is 4.81. The minimum atomic E-state index is 0.396. The predicted molar refractivity (Wildman–Crippen MR) is 81.9 cm³/mol. The summed E-state index contributed by atoms with van der Waals surface area (Å²) in [6, 6.07) is 8.83. The summed E-state index contributed by atoms with van der Waals surface area (Å²) in [5, 5.41) is 7.28. The van der Waals surface area contributed by atoms with Crippen molar-refractivity contribution in [1.82, 2.24) is 15.5 Å². The summed E-state index contributed by atoms with van der Waals surface area (Å²) in [4.78, 5) is 5.68. The SMILES string of the molecule is CCC(Cc1nc(CSc2cccc(C)c2)no1)NC. The molecule has 0 aliphatic heterocycles. The van der Waals surface area contributed by atoms with Gasteiger partial charge in [-0.05, 0) is 32.5 Å². The lowest BCUT2D eigenvalue weighted by molar-refractivity contribution is 0.356. The number of aromatic nitrogens is 2. The van der Waals surface area contributed by atoms with Gasteiger partial charge in [0.1, 0.15) is 0 Å². The summed E-state index contributed by atoms with van der Waals surface area (Å²) < 4.78 is 5.30. The Morgan fingerprint density at radius 1 is 1.40 bits per heavy atom. The van der Waals surface area contributed by atoms with E-state index in [1.807, 2.05) is 7.05 Å². The van der Waals surface area contributed by atoms with E-state index in [2.05, 4.69) is 53.6 Å². The Labute approximate surface area is 124 Å². The number of nitrogens with one attached hydrogen (secondary N) is 1. The fourth-order valence-corrected chi connectivity index (χ4v) is 2.80. The molecule has 1 aromatic heterocycles. The summed E-state index contributed by atoms with van der Waals surface area (Å²) >= 11 is 1.73. The molecule has 5 heteroatoms. The van der Waals surface area contributed by atoms with Gasteiger partial charge in [-0.25, -0.2) is 0 Å². The number of thioether (sulfide) groups is 1. The van der Waals surface area contributed by atoms with Gasteiger partial charge >= 0.3 is 0 Å². The van der Waals surface area contributed by atoms with Crippen LogP contribution in [-0.4, -0.2) is 23.2 Å². The number of hydrogen-bond acceptors (Lipinski definition) is 5. The van der Waals surface area contributed by atoms with Gasteiger partial charge in [0.25, 0.3) is 0 Å². The molecule has 0 bridgehead atoms. The average molecular weight is 291 g/mol. The molecule has 1 N–H and O–H groups in total. The van der Waals surface area contributed by atoms with Crippen LogP contribution in [0.1, 0.15) is 30.6 Å². The standard InChI is InChI=1S/C15H21N3OS/c1-4-12(16-3)9-15-17-14(18-19-15)10-20-13-7-5-6-11(2)8-13/h5-8,12,16H,4,9-10H2,1-3H3. The van der Waals surface area contributed by atoms with E-state index >= 15 is 0 Å². The Morgan fingerprint density at radius 3 is 2.95 bits per heavy atom. The molecular formula is C15H21N3OS. The zero-order valence-electron chi connectivity index (χ0n) is 12.2. The molecule has 1 unspecified atom stereocenters. The number of aryl methyl sites for hydroxylation is 1. The van der Waals surface area contributed by atoms with Crippen molar-refractivity contribution >= 4 is 11.8 Å². The Morgan fingerprint density at radius 2 is 2.25 bits per heavy atom. The van der Waals surface area contributed by atoms with Crippen molar-refractivity contribution in [2.45, 2.75) is 43.4 Å². The molecule has 1 aromatic carbocycles. The highest BCUT2D eigenvalue weighted by atomic mass is 32.2. The quantitative estimate of drug-likeness (QED) is 0.794. The average Bonchev–Trinajstić information content (AvgIpc) is 2.90. The maximum atomic E-state index is 5.30. The first-order chi connectivity index (χ1) is 9.71. The largest absolute Gasteiger partial charge is 0.339 e. The molecule has 4 nitrogen and oxygen atoms in total. The third kappa shape index (κ3) is 4.35. The summed E-state index contributed by atoms with van der Waals surface area (Å²) in [7, 11) is 1.96. The molecular weight excluding hydrogens is 270 g/mol. The van der Waals surface area contributed by atoms with Crippen LogP contribution in [0.4, 0.5) is 0 Å². The van der Waals surface area contributed by atoms with Gasteiger partial charge in [-0.3, -0.25) is 0 Å². The topological polar surface area (TPSA) is 51.0 Å². The van der Waals surface area contributed by atoms with Gasteiger partial charge < -0.3 is 9.84 Å². The first kappa shape index (κ1) is 15.1. The molecule has 0 amide bonds. The van der Waals surface area contributed by atoms with Crippen LogP contribution in [0.25, 0.3) is 0 Å². The lowest BCUT2D eigenvalue weighted by Crippen LogP contribution is -2.26. The first-order valence-corrected chi connectivity index (χ1v) is 7.88. The van der Waals surface area contributed by atoms with Gasteiger partial charge in [0, 0.05) is 17.4 Å². The molecule has 2 rings (SSSR count). The molecule has 108 valence electrons. The van der Waals surface area contributed by atoms with Crippen molar-refractivity contribution in [1.29, 1.82) is 0 Å². The summed E-state index contributed by atoms with van der Waals surface area (Å²) in [5.41, 5.74) is 1.27. The van der Waals surface area contributed by atoms with E-state index < -0.39 is 0 Å². The lowest BCUT2D eigenvalue weighted by Gasteiger charge is -2.09. The molecule has 0 saturated carbocycles. The van der Waals surface area contributed by atoms with Crippen LogP contribution in [0.15, 0.2) is 33.7 Å². The van der Waals surface area contributed by atoms with E-state index in [1.165, 1.54) is 10.5 Å². The molecule has 0 fully saturated rings. The Kier molecular flexibility index (Phi) is 5.61. The maximum Gasteiger partial charge on any atom is 0.228 e. The molecule has 20 heavy (non-hydrogen) atoms. The normalized spacial score (nSPS) is 12.6. The van der Waals surface area contributed by atoms with Gasteiger partial charge in [0.05, 0.1) is 5.75 Å². The van der Waals surface area contributed by atoms with Crippen LogP contribution >= 0.6 is 11.8 Å². The van der Waals surface area contributed by atoms with Gasteiger partial charge in [0.15, 0.2) is 5.82 Å². The zero-order chi connectivity index (χ0) is 14.4. The third-order valence-corrected chi connectivity index (χ3v) is 4.18. The predicted octanol–water partition coefficient (Wildman–Crippen LogP) is 3.21. The van der Waals surface area contributed by atoms with E-state index in [4.69, 9.17) is 4.52 Å². The Balaban J connectivity index is 1.89. The van der Waals surface area contributed by atoms with Crippen molar-refractivity contribution < 1.29 is 4.52 Å². The molecule has 1 heterocycles. The highest BCUT2D eigenvalue weighted by molar-refractivity contribution is 7.98. The molecule has 0 aliphatic rings. The molecule has 0 saturated heterocycles. The van der Waals surface area contributed by atoms with Gasteiger partial charge in [-0.15, -0.1) is 11.8 Å². The van der Waals surface area contributed by atoms with Crippen molar-refractivity contribution in [2.24, 2.45) is 0 Å². The minimum Gasteiger partial charge on any atom is -0.339 e. The second kappa shape index (κ2) is 7.45. The van der Waals surface area contributed by atoms with Gasteiger partial charge in [-0.1, -0.05) is 29.8 Å². The third-order valence-electron chi connectivity index (χ3n) is 3.19. The van der Waals surface area contributed by atoms with Crippen molar-refractivity contribution in [3.05, 3.63) is 41.5 Å². The molecule has 2 aromatic rings.